The second-order valence-electron chi connectivity index (χ2n) is 20.6. The van der Waals surface area contributed by atoms with Crippen molar-refractivity contribution in [1.29, 1.82) is 0 Å². The van der Waals surface area contributed by atoms with Crippen LogP contribution in [0.3, 0.4) is 0 Å². The van der Waals surface area contributed by atoms with Gasteiger partial charge in [0.2, 0.25) is 0 Å². The molecule has 3 fully saturated rings. The fraction of sp³-hybridized carbons (Fsp3) is 0.311. The maximum absolute atomic E-state index is 14.0. The Morgan fingerprint density at radius 2 is 0.976 bits per heavy atom. The fourth-order valence-electron chi connectivity index (χ4n) is 11.0. The van der Waals surface area contributed by atoms with Crippen molar-refractivity contribution < 1.29 is 27.9 Å². The number of oxazole rings is 1. The van der Waals surface area contributed by atoms with E-state index in [1.807, 2.05) is 114 Å². The number of nitrogens with one attached hydrogen (secondary N) is 3. The molecule has 0 saturated carbocycles. The number of piperidine rings is 3. The lowest BCUT2D eigenvalue weighted by Gasteiger charge is -2.40. The summed E-state index contributed by atoms with van der Waals surface area (Å²) in [6, 6.07) is 35.4. The predicted octanol–water partition coefficient (Wildman–Crippen LogP) is 11.1. The Morgan fingerprint density at radius 3 is 1.43 bits per heavy atom. The number of carbonyl (C=O) groups is 3. The van der Waals surface area contributed by atoms with Crippen LogP contribution in [-0.2, 0) is 0 Å². The molecule has 3 saturated heterocycles. The number of aromatic nitrogens is 9. The first-order valence-corrected chi connectivity index (χ1v) is 29.5. The van der Waals surface area contributed by atoms with E-state index < -0.39 is 5.82 Å². The molecule has 12 rings (SSSR count). The molecule has 3 aliphatic heterocycles. The van der Waals surface area contributed by atoms with Crippen LogP contribution in [0.4, 0.5) is 22.0 Å². The largest absolute Gasteiger partial charge is 0.493 e. The monoisotopic (exact) mass is 1260 g/mol. The first kappa shape index (κ1) is 58.6. The van der Waals surface area contributed by atoms with Gasteiger partial charge in [0.05, 0.1) is 66.0 Å². The minimum absolute atomic E-state index is 0.00401. The van der Waals surface area contributed by atoms with Gasteiger partial charge in [0, 0.05) is 71.2 Å². The summed E-state index contributed by atoms with van der Waals surface area (Å²) in [5.74, 6) is 0.795. The summed E-state index contributed by atoms with van der Waals surface area (Å²) in [7, 11) is 1.37. The number of fused-ring (bicyclic) bond motifs is 1. The van der Waals surface area contributed by atoms with Crippen molar-refractivity contribution in [2.24, 2.45) is 0 Å². The summed E-state index contributed by atoms with van der Waals surface area (Å²) < 4.78 is 26.7. The molecular formula is C61H64Br2FN15O5. The molecule has 3 N–H and O–H groups in total. The SMILES string of the molecule is COc1c(F)cccc1C(=O)N1CCC[C@@H](Nc2ccc(Br)cn2)[C@@H]1C.C[C@H]1[C@H](Nc2ccc(Br)cn2)CCCN1C(=O)c1ccccc1-n1nccn1.C[C@H]1[C@H](Nc2nc3ccccc3o2)CCCN1C(=O)c1ccccc1-n1nccn1. The number of ether oxygens (including phenoxy) is 1. The van der Waals surface area contributed by atoms with E-state index in [9.17, 15) is 18.8 Å². The maximum atomic E-state index is 14.0. The van der Waals surface area contributed by atoms with E-state index in [1.165, 1.54) is 28.8 Å². The number of nitrogens with zero attached hydrogens (tertiary/aromatic N) is 12. The number of pyridine rings is 2. The Hall–Kier alpha value is -8.57. The van der Waals surface area contributed by atoms with Gasteiger partial charge in [0.25, 0.3) is 23.7 Å². The van der Waals surface area contributed by atoms with Crippen molar-refractivity contribution in [1.82, 2.24) is 59.6 Å². The third-order valence-electron chi connectivity index (χ3n) is 15.4. The van der Waals surface area contributed by atoms with Crippen LogP contribution in [-0.4, -0.2) is 140 Å². The van der Waals surface area contributed by atoms with Crippen molar-refractivity contribution in [2.75, 3.05) is 42.7 Å². The number of para-hydroxylation sites is 5. The van der Waals surface area contributed by atoms with Crippen molar-refractivity contribution in [3.63, 3.8) is 0 Å². The standard InChI is InChI=1S/C22H22N6O2.C20H21BrN6O.C19H21BrFN3O2/c1-15-17(25-22-26-18-8-3-5-11-20(18)30-22)9-6-14-27(15)21(29)16-7-2-4-10-19(16)28-23-12-13-24-28;1-14-17(25-19-9-8-15(21)13-22-19)6-4-12-26(14)20(28)16-5-2-3-7-18(16)27-23-10-11-24-27;1-12-16(23-17-9-8-13(20)11-22-17)7-4-10-24(12)19(25)14-5-3-6-15(21)18(14)26-2/h2-5,7-8,10-13,15,17H,6,9,14H2,1H3,(H,25,26);2-3,5,7-11,13-14,17H,4,6,12H2,1H3,(H,22,25);3,5-6,8-9,11-12,16H,4,7,10H2,1-2H3,(H,22,23)/t15-,17+;14-,17+;12-,16+/m000/s1. The van der Waals surface area contributed by atoms with Crippen LogP contribution in [0.2, 0.25) is 0 Å². The average Bonchev–Trinajstić information content (AvgIpc) is 4.37. The zero-order chi connectivity index (χ0) is 58.7. The second kappa shape index (κ2) is 27.2. The summed E-state index contributed by atoms with van der Waals surface area (Å²) in [4.78, 5) is 61.7. The van der Waals surface area contributed by atoms with Crippen LogP contribution in [0, 0.1) is 5.82 Å². The van der Waals surface area contributed by atoms with Gasteiger partial charge in [-0.15, -0.1) is 0 Å². The van der Waals surface area contributed by atoms with Gasteiger partial charge in [0.15, 0.2) is 17.1 Å². The van der Waals surface area contributed by atoms with Gasteiger partial charge in [-0.2, -0.15) is 35.0 Å². The third kappa shape index (κ3) is 13.6. The molecule has 434 valence electrons. The lowest BCUT2D eigenvalue weighted by atomic mass is 9.96. The molecular weight excluding hydrogens is 1200 g/mol. The van der Waals surface area contributed by atoms with Gasteiger partial charge >= 0.3 is 0 Å². The maximum Gasteiger partial charge on any atom is 0.295 e. The predicted molar refractivity (Wildman–Crippen MR) is 325 cm³/mol. The Morgan fingerprint density at radius 1 is 0.548 bits per heavy atom. The summed E-state index contributed by atoms with van der Waals surface area (Å²) in [5, 5.41) is 27.0. The average molecular weight is 1270 g/mol. The number of likely N-dealkylation sites (tertiary alicyclic amines) is 3. The smallest absolute Gasteiger partial charge is 0.295 e. The molecule has 4 aromatic carbocycles. The Bertz CT molecular complexity index is 3620. The van der Waals surface area contributed by atoms with Crippen molar-refractivity contribution in [3.05, 3.63) is 184 Å². The summed E-state index contributed by atoms with van der Waals surface area (Å²) in [5.41, 5.74) is 4.37. The molecule has 0 aliphatic carbocycles. The lowest BCUT2D eigenvalue weighted by Crippen LogP contribution is -2.52. The van der Waals surface area contributed by atoms with E-state index in [4.69, 9.17) is 9.15 Å². The Balaban J connectivity index is 0.000000141. The lowest BCUT2D eigenvalue weighted by molar-refractivity contribution is 0.0606. The number of halogens is 3. The number of hydrogen-bond acceptors (Lipinski definition) is 15. The molecule has 0 bridgehead atoms. The topological polar surface area (TPSA) is 219 Å². The number of benzene rings is 4. The quantitative estimate of drug-likeness (QED) is 0.104. The normalized spacial score (nSPS) is 19.5. The first-order chi connectivity index (χ1) is 40.8. The minimum atomic E-state index is -0.531. The van der Waals surface area contributed by atoms with Crippen molar-refractivity contribution in [3.8, 4) is 17.1 Å². The highest BCUT2D eigenvalue weighted by Gasteiger charge is 2.36. The van der Waals surface area contributed by atoms with Crippen LogP contribution < -0.4 is 20.7 Å². The summed E-state index contributed by atoms with van der Waals surface area (Å²) >= 11 is 6.78. The molecule has 8 heterocycles. The van der Waals surface area contributed by atoms with Gasteiger partial charge in [-0.1, -0.05) is 42.5 Å². The second-order valence-corrected chi connectivity index (χ2v) is 22.4. The Kier molecular flexibility index (Phi) is 19.0. The molecule has 9 aromatic rings. The number of anilines is 3. The molecule has 23 heteroatoms. The van der Waals surface area contributed by atoms with Gasteiger partial charge < -0.3 is 39.8 Å². The molecule has 3 aliphatic rings. The first-order valence-electron chi connectivity index (χ1n) is 27.9. The molecule has 6 atom stereocenters. The van der Waals surface area contributed by atoms with E-state index in [2.05, 4.69) is 97.0 Å². The van der Waals surface area contributed by atoms with Gasteiger partial charge in [0.1, 0.15) is 17.2 Å². The van der Waals surface area contributed by atoms with Crippen LogP contribution in [0.15, 0.2) is 166 Å². The molecule has 5 aromatic heterocycles. The number of rotatable bonds is 12. The number of hydrogen-bond donors (Lipinski definition) is 3. The molecule has 0 radical (unpaired) electrons. The zero-order valence-electron chi connectivity index (χ0n) is 46.8. The number of methoxy groups -OCH3 is 1. The molecule has 0 unspecified atom stereocenters. The highest BCUT2D eigenvalue weighted by atomic mass is 79.9. The van der Waals surface area contributed by atoms with Crippen molar-refractivity contribution in [2.45, 2.75) is 95.5 Å². The van der Waals surface area contributed by atoms with E-state index >= 15 is 0 Å². The molecule has 20 nitrogen and oxygen atoms in total. The highest BCUT2D eigenvalue weighted by Crippen LogP contribution is 2.31. The summed E-state index contributed by atoms with van der Waals surface area (Å²) in [6.07, 6.45) is 15.5. The van der Waals surface area contributed by atoms with E-state index in [1.54, 1.807) is 48.1 Å². The summed E-state index contributed by atoms with van der Waals surface area (Å²) in [6.45, 7) is 8.21. The molecule has 84 heavy (non-hydrogen) atoms. The van der Waals surface area contributed by atoms with Gasteiger partial charge in [-0.3, -0.25) is 14.4 Å². The molecule has 3 amide bonds. The highest BCUT2D eigenvalue weighted by molar-refractivity contribution is 9.10. The molecule has 0 spiro atoms. The number of amides is 3. The fourth-order valence-corrected chi connectivity index (χ4v) is 11.4. The van der Waals surface area contributed by atoms with Gasteiger partial charge in [-0.05, 0) is 164 Å². The van der Waals surface area contributed by atoms with E-state index in [-0.39, 0.29) is 65.3 Å². The van der Waals surface area contributed by atoms with Gasteiger partial charge in [-0.25, -0.2) is 14.4 Å². The third-order valence-corrected chi connectivity index (χ3v) is 16.3. The van der Waals surface area contributed by atoms with E-state index in [0.29, 0.717) is 41.6 Å². The van der Waals surface area contributed by atoms with Crippen LogP contribution in [0.25, 0.3) is 22.5 Å². The Labute approximate surface area is 502 Å². The van der Waals surface area contributed by atoms with Crippen LogP contribution in [0.5, 0.6) is 5.75 Å². The van der Waals surface area contributed by atoms with Crippen molar-refractivity contribution >= 4 is 78.3 Å². The minimum Gasteiger partial charge on any atom is -0.493 e. The van der Waals surface area contributed by atoms with Crippen LogP contribution in [0.1, 0.15) is 90.4 Å². The number of carbonyl (C=O) groups excluding carboxylic acids is 3. The van der Waals surface area contributed by atoms with E-state index in [0.717, 1.165) is 76.8 Å². The van der Waals surface area contributed by atoms with Crippen LogP contribution >= 0.6 is 31.9 Å². The zero-order valence-corrected chi connectivity index (χ0v) is 50.0.